The SMILES string of the molecule is CCN(CCO)CC(O)C[Si](C)(C)O[Si](C)(C)CC(O)CN(CC)CCO. The number of hydrogen-bond donors (Lipinski definition) is 4. The van der Waals surface area contributed by atoms with Crippen LogP contribution >= 0.6 is 0 Å². The van der Waals surface area contributed by atoms with Crippen molar-refractivity contribution in [2.45, 2.75) is 64.3 Å². The van der Waals surface area contributed by atoms with Gasteiger partial charge in [-0.1, -0.05) is 13.8 Å². The fourth-order valence-electron chi connectivity index (χ4n) is 3.73. The maximum atomic E-state index is 10.5. The molecule has 0 saturated heterocycles. The van der Waals surface area contributed by atoms with Gasteiger partial charge >= 0.3 is 0 Å². The van der Waals surface area contributed by atoms with Crippen molar-refractivity contribution in [1.29, 1.82) is 0 Å². The highest BCUT2D eigenvalue weighted by atomic mass is 28.4. The molecule has 9 heteroatoms. The molecular formula is C18H44N2O5Si2. The van der Waals surface area contributed by atoms with E-state index < -0.39 is 28.8 Å². The number of aliphatic hydroxyl groups excluding tert-OH is 4. The van der Waals surface area contributed by atoms with E-state index in [4.69, 9.17) is 14.3 Å². The molecule has 0 radical (unpaired) electrons. The summed E-state index contributed by atoms with van der Waals surface area (Å²) in [7, 11) is -4.15. The fourth-order valence-corrected chi connectivity index (χ4v) is 12.9. The lowest BCUT2D eigenvalue weighted by molar-refractivity contribution is 0.110. The van der Waals surface area contributed by atoms with E-state index in [9.17, 15) is 10.2 Å². The average Bonchev–Trinajstić information content (AvgIpc) is 2.51. The van der Waals surface area contributed by atoms with Crippen molar-refractivity contribution in [3.63, 3.8) is 0 Å². The Morgan fingerprint density at radius 1 is 0.741 bits per heavy atom. The fraction of sp³-hybridized carbons (Fsp3) is 1.00. The van der Waals surface area contributed by atoms with Crippen LogP contribution in [0.15, 0.2) is 0 Å². The number of nitrogens with zero attached hydrogens (tertiary/aromatic N) is 2. The lowest BCUT2D eigenvalue weighted by Gasteiger charge is -2.37. The van der Waals surface area contributed by atoms with Crippen LogP contribution in [0.2, 0.25) is 38.3 Å². The molecule has 2 atom stereocenters. The van der Waals surface area contributed by atoms with Crippen LogP contribution in [-0.4, -0.2) is 112 Å². The second-order valence-electron chi connectivity index (χ2n) is 8.57. The zero-order chi connectivity index (χ0) is 21.1. The molecule has 0 amide bonds. The highest BCUT2D eigenvalue weighted by Crippen LogP contribution is 2.24. The van der Waals surface area contributed by atoms with E-state index in [1.807, 2.05) is 23.6 Å². The van der Waals surface area contributed by atoms with Gasteiger partial charge in [-0.05, 0) is 51.4 Å². The molecule has 0 aliphatic carbocycles. The Kier molecular flexibility index (Phi) is 13.5. The molecule has 0 bridgehead atoms. The molecule has 0 aromatic carbocycles. The molecular weight excluding hydrogens is 380 g/mol. The van der Waals surface area contributed by atoms with Crippen LogP contribution in [0.4, 0.5) is 0 Å². The Bertz CT molecular complexity index is 355. The zero-order valence-corrected chi connectivity index (χ0v) is 20.3. The van der Waals surface area contributed by atoms with Gasteiger partial charge in [-0.15, -0.1) is 0 Å². The molecule has 2 unspecified atom stereocenters. The van der Waals surface area contributed by atoms with E-state index >= 15 is 0 Å². The minimum Gasteiger partial charge on any atom is -0.455 e. The van der Waals surface area contributed by atoms with Crippen molar-refractivity contribution in [3.05, 3.63) is 0 Å². The van der Waals surface area contributed by atoms with Crippen LogP contribution in [0.25, 0.3) is 0 Å². The maximum Gasteiger partial charge on any atom is 0.176 e. The monoisotopic (exact) mass is 424 g/mol. The average molecular weight is 425 g/mol. The number of likely N-dealkylation sites (N-methyl/N-ethyl adjacent to an activating group) is 2. The molecule has 0 heterocycles. The van der Waals surface area contributed by atoms with Gasteiger partial charge in [0.15, 0.2) is 16.6 Å². The van der Waals surface area contributed by atoms with Crippen LogP contribution in [0.1, 0.15) is 13.8 Å². The Labute approximate surface area is 168 Å². The third kappa shape index (κ3) is 13.1. The molecule has 4 N–H and O–H groups in total. The van der Waals surface area contributed by atoms with Crippen molar-refractivity contribution in [3.8, 4) is 0 Å². The molecule has 0 aliphatic heterocycles. The molecule has 0 spiro atoms. The minimum atomic E-state index is -2.08. The van der Waals surface area contributed by atoms with Crippen LogP contribution in [-0.2, 0) is 4.12 Å². The quantitative estimate of drug-likeness (QED) is 0.272. The number of rotatable bonds is 16. The highest BCUT2D eigenvalue weighted by Gasteiger charge is 2.36. The van der Waals surface area contributed by atoms with Crippen LogP contribution in [0.5, 0.6) is 0 Å². The normalized spacial score (nSPS) is 15.6. The standard InChI is InChI=1S/C18H44N2O5Si2/c1-7-19(9-11-21)13-17(23)15-26(3,4)25-27(5,6)16-18(24)14-20(8-2)10-12-22/h17-18,21-24H,7-16H2,1-6H3. The predicted molar refractivity (Wildman–Crippen MR) is 116 cm³/mol. The van der Waals surface area contributed by atoms with E-state index in [2.05, 4.69) is 26.2 Å². The maximum absolute atomic E-state index is 10.5. The summed E-state index contributed by atoms with van der Waals surface area (Å²) in [4.78, 5) is 4.09. The largest absolute Gasteiger partial charge is 0.455 e. The van der Waals surface area contributed by atoms with Crippen LogP contribution in [0, 0.1) is 0 Å². The number of hydrogen-bond acceptors (Lipinski definition) is 7. The first-order valence-electron chi connectivity index (χ1n) is 10.2. The van der Waals surface area contributed by atoms with Crippen molar-refractivity contribution < 1.29 is 24.5 Å². The topological polar surface area (TPSA) is 96.6 Å². The Morgan fingerprint density at radius 3 is 1.33 bits per heavy atom. The van der Waals surface area contributed by atoms with Crippen molar-refractivity contribution in [2.75, 3.05) is 52.5 Å². The van der Waals surface area contributed by atoms with Gasteiger partial charge in [-0.3, -0.25) is 9.80 Å². The molecule has 0 aliphatic rings. The molecule has 0 aromatic heterocycles. The van der Waals surface area contributed by atoms with E-state index in [0.29, 0.717) is 38.3 Å². The Balaban J connectivity index is 4.60. The van der Waals surface area contributed by atoms with Gasteiger partial charge in [0.05, 0.1) is 25.4 Å². The third-order valence-electron chi connectivity index (χ3n) is 4.67. The van der Waals surface area contributed by atoms with Gasteiger partial charge in [0.2, 0.25) is 0 Å². The van der Waals surface area contributed by atoms with E-state index in [-0.39, 0.29) is 13.2 Å². The number of aliphatic hydroxyl groups is 4. The third-order valence-corrected chi connectivity index (χ3v) is 12.0. The lowest BCUT2D eigenvalue weighted by Crippen LogP contribution is -2.49. The van der Waals surface area contributed by atoms with Gasteiger partial charge in [0, 0.05) is 26.2 Å². The summed E-state index contributed by atoms with van der Waals surface area (Å²) in [6.45, 7) is 16.6. The molecule has 0 aromatic rings. The highest BCUT2D eigenvalue weighted by molar-refractivity contribution is 6.85. The van der Waals surface area contributed by atoms with E-state index in [0.717, 1.165) is 13.1 Å². The summed E-state index contributed by atoms with van der Waals surface area (Å²) in [5.41, 5.74) is 0. The second kappa shape index (κ2) is 13.4. The first-order chi connectivity index (χ1) is 12.5. The summed E-state index contributed by atoms with van der Waals surface area (Å²) < 4.78 is 6.54. The van der Waals surface area contributed by atoms with Crippen LogP contribution < -0.4 is 0 Å². The molecule has 0 saturated carbocycles. The first-order valence-corrected chi connectivity index (χ1v) is 16.4. The smallest absolute Gasteiger partial charge is 0.176 e. The summed E-state index contributed by atoms with van der Waals surface area (Å²) >= 11 is 0. The van der Waals surface area contributed by atoms with Gasteiger partial charge in [-0.2, -0.15) is 0 Å². The van der Waals surface area contributed by atoms with Gasteiger partial charge in [0.25, 0.3) is 0 Å². The first kappa shape index (κ1) is 27.2. The molecule has 7 nitrogen and oxygen atoms in total. The minimum absolute atomic E-state index is 0.0980. The molecule has 27 heavy (non-hydrogen) atoms. The van der Waals surface area contributed by atoms with E-state index in [1.165, 1.54) is 0 Å². The summed E-state index contributed by atoms with van der Waals surface area (Å²) in [6.07, 6.45) is -0.930. The lowest BCUT2D eigenvalue weighted by atomic mass is 10.3. The van der Waals surface area contributed by atoms with E-state index in [1.54, 1.807) is 0 Å². The van der Waals surface area contributed by atoms with Crippen molar-refractivity contribution >= 4 is 16.6 Å². The second-order valence-corrected chi connectivity index (χ2v) is 17.2. The molecule has 0 fully saturated rings. The predicted octanol–water partition coefficient (Wildman–Crippen LogP) is 0.763. The Hall–Kier alpha value is 0.154. The van der Waals surface area contributed by atoms with Crippen molar-refractivity contribution in [1.82, 2.24) is 9.80 Å². The Morgan fingerprint density at radius 2 is 1.07 bits per heavy atom. The van der Waals surface area contributed by atoms with Gasteiger partial charge < -0.3 is 24.5 Å². The van der Waals surface area contributed by atoms with Crippen molar-refractivity contribution in [2.24, 2.45) is 0 Å². The molecule has 164 valence electrons. The van der Waals surface area contributed by atoms with Crippen LogP contribution in [0.3, 0.4) is 0 Å². The molecule has 0 rings (SSSR count). The summed E-state index contributed by atoms with van der Waals surface area (Å²) in [6, 6.07) is 1.29. The summed E-state index contributed by atoms with van der Waals surface area (Å²) in [5.74, 6) is 0. The zero-order valence-electron chi connectivity index (χ0n) is 18.3. The summed E-state index contributed by atoms with van der Waals surface area (Å²) in [5, 5.41) is 39.1. The van der Waals surface area contributed by atoms with Gasteiger partial charge in [0.1, 0.15) is 0 Å². The van der Waals surface area contributed by atoms with Gasteiger partial charge in [-0.25, -0.2) is 0 Å².